The highest BCUT2D eigenvalue weighted by atomic mass is 32.2. The molecule has 0 bridgehead atoms. The maximum atomic E-state index is 13.4. The maximum absolute atomic E-state index is 13.4. The predicted octanol–water partition coefficient (Wildman–Crippen LogP) is 5.19. The zero-order chi connectivity index (χ0) is 25.5. The van der Waals surface area contributed by atoms with Crippen LogP contribution in [0, 0.1) is 6.92 Å². The van der Waals surface area contributed by atoms with Crippen molar-refractivity contribution in [3.63, 3.8) is 0 Å². The van der Waals surface area contributed by atoms with E-state index in [2.05, 4.69) is 5.32 Å². The minimum absolute atomic E-state index is 0.0376. The van der Waals surface area contributed by atoms with Crippen molar-refractivity contribution in [1.29, 1.82) is 0 Å². The van der Waals surface area contributed by atoms with Gasteiger partial charge in [-0.05, 0) is 78.3 Å². The second-order valence-corrected chi connectivity index (χ2v) is 10.8. The third-order valence-corrected chi connectivity index (χ3v) is 8.29. The molecule has 1 saturated carbocycles. The van der Waals surface area contributed by atoms with Crippen molar-refractivity contribution >= 4 is 22.7 Å². The summed E-state index contributed by atoms with van der Waals surface area (Å²) in [5, 5.41) is 3.11. The molecule has 3 aromatic rings. The second kappa shape index (κ2) is 9.35. The smallest absolute Gasteiger partial charge is 0.235 e. The van der Waals surface area contributed by atoms with Gasteiger partial charge in [0.15, 0.2) is 22.6 Å². The highest BCUT2D eigenvalue weighted by Gasteiger charge is 2.51. The normalized spacial score (nSPS) is 17.8. The zero-order valence-corrected chi connectivity index (χ0v) is 21.2. The second-order valence-electron chi connectivity index (χ2n) is 9.60. The third-order valence-electron chi connectivity index (χ3n) is 7.22. The van der Waals surface area contributed by atoms with Gasteiger partial charge in [0.25, 0.3) is 0 Å². The summed E-state index contributed by atoms with van der Waals surface area (Å²) >= 11 is -2.19. The number of carbonyl (C=O) groups excluding carboxylic acids is 1. The molecule has 5 rings (SSSR count). The van der Waals surface area contributed by atoms with Gasteiger partial charge in [-0.3, -0.25) is 4.79 Å². The molecule has 8 heteroatoms. The summed E-state index contributed by atoms with van der Waals surface area (Å²) in [5.74, 6) is 1.35. The van der Waals surface area contributed by atoms with E-state index in [0.717, 1.165) is 35.1 Å². The molecule has 1 amide bonds. The van der Waals surface area contributed by atoms with E-state index in [1.807, 2.05) is 74.5 Å². The Morgan fingerprint density at radius 1 is 1.08 bits per heavy atom. The number of amides is 1. The molecule has 3 aromatic carbocycles. The molecule has 0 spiro atoms. The van der Waals surface area contributed by atoms with Crippen LogP contribution in [0.2, 0.25) is 0 Å². The van der Waals surface area contributed by atoms with E-state index in [9.17, 15) is 13.6 Å². The number of ether oxygens (including phenoxy) is 2. The molecule has 0 radical (unpaired) electrons. The van der Waals surface area contributed by atoms with Gasteiger partial charge in [0.05, 0.1) is 5.41 Å². The summed E-state index contributed by atoms with van der Waals surface area (Å²) in [7, 11) is 0. The first kappa shape index (κ1) is 24.5. The van der Waals surface area contributed by atoms with Gasteiger partial charge in [-0.2, -0.15) is 0 Å². The minimum atomic E-state index is -2.19. The van der Waals surface area contributed by atoms with Crippen molar-refractivity contribution in [3.05, 3.63) is 77.4 Å². The van der Waals surface area contributed by atoms with Crippen molar-refractivity contribution in [2.24, 2.45) is 5.73 Å². The van der Waals surface area contributed by atoms with Crippen molar-refractivity contribution in [1.82, 2.24) is 0 Å². The van der Waals surface area contributed by atoms with Crippen LogP contribution >= 0.6 is 0 Å². The Balaban J connectivity index is 1.38. The molecule has 4 N–H and O–H groups in total. The lowest BCUT2D eigenvalue weighted by atomic mass is 9.93. The topological polar surface area (TPSA) is 111 Å². The first-order valence-electron chi connectivity index (χ1n) is 12.1. The van der Waals surface area contributed by atoms with E-state index >= 15 is 0 Å². The van der Waals surface area contributed by atoms with Gasteiger partial charge in [-0.1, -0.05) is 49.7 Å². The van der Waals surface area contributed by atoms with Gasteiger partial charge in [0.1, 0.15) is 4.87 Å². The van der Waals surface area contributed by atoms with E-state index in [0.29, 0.717) is 35.6 Å². The zero-order valence-electron chi connectivity index (χ0n) is 20.4. The number of nitrogens with two attached hydrogens (primary N) is 1. The summed E-state index contributed by atoms with van der Waals surface area (Å²) in [4.78, 5) is 12.1. The summed E-state index contributed by atoms with van der Waals surface area (Å²) in [5.41, 5.74) is 11.0. The third kappa shape index (κ3) is 4.30. The first-order chi connectivity index (χ1) is 17.3. The molecule has 1 fully saturated rings. The van der Waals surface area contributed by atoms with Crippen LogP contribution in [0.1, 0.15) is 49.3 Å². The van der Waals surface area contributed by atoms with E-state index in [1.165, 1.54) is 0 Å². The molecular weight excluding hydrogens is 476 g/mol. The highest BCUT2D eigenvalue weighted by molar-refractivity contribution is 7.80. The van der Waals surface area contributed by atoms with Gasteiger partial charge in [-0.25, -0.2) is 4.21 Å². The lowest BCUT2D eigenvalue weighted by molar-refractivity contribution is -0.118. The van der Waals surface area contributed by atoms with Crippen LogP contribution in [0.25, 0.3) is 11.1 Å². The molecule has 2 atom stereocenters. The summed E-state index contributed by atoms with van der Waals surface area (Å²) in [6, 6.07) is 19.0. The predicted molar refractivity (Wildman–Crippen MR) is 140 cm³/mol. The average Bonchev–Trinajstić information content (AvgIpc) is 3.56. The van der Waals surface area contributed by atoms with Crippen molar-refractivity contribution < 1.29 is 23.0 Å². The van der Waals surface area contributed by atoms with Crippen LogP contribution in [-0.2, 0) is 26.2 Å². The lowest BCUT2D eigenvalue weighted by Crippen LogP contribution is -2.40. The molecule has 2 unspecified atom stereocenters. The number of anilines is 1. The molecule has 36 heavy (non-hydrogen) atoms. The highest BCUT2D eigenvalue weighted by Crippen LogP contribution is 2.51. The number of nitrogens with one attached hydrogen (secondary N) is 1. The first-order valence-corrected chi connectivity index (χ1v) is 13.2. The molecule has 1 aliphatic heterocycles. The van der Waals surface area contributed by atoms with Crippen molar-refractivity contribution in [2.75, 3.05) is 12.1 Å². The van der Waals surface area contributed by atoms with Crippen LogP contribution < -0.4 is 20.5 Å². The molecule has 0 aromatic heterocycles. The standard InChI is InChI=1S/C28H30N2O5S/c1-3-12-28(29,36(32)33)20-7-5-19(6-8-20)23-16-22(10-4-18(23)2)30-26(31)27(13-14-27)21-9-11-24-25(15-21)35-17-34-24/h4-11,15-16H,3,12-14,17,29H2,1-2H3,(H,30,31)(H,32,33). The average molecular weight is 507 g/mol. The van der Waals surface area contributed by atoms with Gasteiger partial charge in [0.2, 0.25) is 12.7 Å². The van der Waals surface area contributed by atoms with Crippen LogP contribution in [0.5, 0.6) is 11.5 Å². The molecule has 7 nitrogen and oxygen atoms in total. The van der Waals surface area contributed by atoms with Crippen LogP contribution in [0.15, 0.2) is 60.7 Å². The minimum Gasteiger partial charge on any atom is -0.454 e. The molecule has 1 heterocycles. The summed E-state index contributed by atoms with van der Waals surface area (Å²) < 4.78 is 32.6. The van der Waals surface area contributed by atoms with Gasteiger partial charge in [0, 0.05) is 5.69 Å². The summed E-state index contributed by atoms with van der Waals surface area (Å²) in [6.45, 7) is 4.15. The number of aryl methyl sites for hydroxylation is 1. The van der Waals surface area contributed by atoms with Gasteiger partial charge >= 0.3 is 0 Å². The van der Waals surface area contributed by atoms with Gasteiger partial charge < -0.3 is 25.1 Å². The summed E-state index contributed by atoms with van der Waals surface area (Å²) in [6.07, 6.45) is 2.66. The Hall–Kier alpha value is -3.20. The van der Waals surface area contributed by atoms with E-state index < -0.39 is 21.4 Å². The number of fused-ring (bicyclic) bond motifs is 1. The fraction of sp³-hybridized carbons (Fsp3) is 0.321. The van der Waals surface area contributed by atoms with Crippen LogP contribution in [0.4, 0.5) is 5.69 Å². The Bertz CT molecular complexity index is 1340. The maximum Gasteiger partial charge on any atom is 0.235 e. The molecule has 2 aliphatic rings. The van der Waals surface area contributed by atoms with Crippen molar-refractivity contribution in [2.45, 2.75) is 49.8 Å². The van der Waals surface area contributed by atoms with E-state index in [-0.39, 0.29) is 12.7 Å². The number of benzene rings is 3. The monoisotopic (exact) mass is 506 g/mol. The molecular formula is C28H30N2O5S. The quantitative estimate of drug-likeness (QED) is 0.363. The largest absolute Gasteiger partial charge is 0.454 e. The molecule has 188 valence electrons. The molecule has 0 saturated heterocycles. The number of rotatable bonds is 8. The SMILES string of the molecule is CCCC(N)(c1ccc(-c2cc(NC(=O)C3(c4ccc5c(c4)OCO5)CC3)ccc2C)cc1)S(=O)O. The fourth-order valence-corrected chi connectivity index (χ4v) is 5.58. The Kier molecular flexibility index (Phi) is 6.36. The number of carbonyl (C=O) groups is 1. The van der Waals surface area contributed by atoms with E-state index in [4.69, 9.17) is 15.2 Å². The Morgan fingerprint density at radius 3 is 2.47 bits per heavy atom. The van der Waals surface area contributed by atoms with Crippen LogP contribution in [-0.4, -0.2) is 21.5 Å². The van der Waals surface area contributed by atoms with Gasteiger partial charge in [-0.15, -0.1) is 0 Å². The van der Waals surface area contributed by atoms with Crippen molar-refractivity contribution in [3.8, 4) is 22.6 Å². The number of hydrogen-bond donors (Lipinski definition) is 3. The number of hydrogen-bond acceptors (Lipinski definition) is 5. The lowest BCUT2D eigenvalue weighted by Gasteiger charge is -2.25. The van der Waals surface area contributed by atoms with Crippen LogP contribution in [0.3, 0.4) is 0 Å². The fourth-order valence-electron chi connectivity index (χ4n) is 4.86. The molecule has 1 aliphatic carbocycles. The van der Waals surface area contributed by atoms with E-state index in [1.54, 1.807) is 0 Å². The Labute approximate surface area is 213 Å². The Morgan fingerprint density at radius 2 is 1.81 bits per heavy atom.